The first-order chi connectivity index (χ1) is 10.0. The van der Waals surface area contributed by atoms with Crippen LogP contribution in [0.15, 0.2) is 18.2 Å². The molecular formula is C19H22O2. The van der Waals surface area contributed by atoms with Crippen LogP contribution in [0, 0.1) is 29.6 Å². The van der Waals surface area contributed by atoms with Gasteiger partial charge in [0.15, 0.2) is 5.78 Å². The Labute approximate surface area is 125 Å². The fourth-order valence-electron chi connectivity index (χ4n) is 5.63. The molecule has 4 aliphatic rings. The van der Waals surface area contributed by atoms with Crippen molar-refractivity contribution in [3.05, 3.63) is 29.3 Å². The molecule has 0 N–H and O–H groups in total. The predicted octanol–water partition coefficient (Wildman–Crippen LogP) is 3.87. The molecule has 3 fully saturated rings. The van der Waals surface area contributed by atoms with E-state index in [1.54, 1.807) is 0 Å². The smallest absolute Gasteiger partial charge is 0.166 e. The Morgan fingerprint density at radius 3 is 2.62 bits per heavy atom. The summed E-state index contributed by atoms with van der Waals surface area (Å²) in [5, 5.41) is 0. The molecule has 1 aliphatic heterocycles. The average Bonchev–Trinajstić information content (AvgIpc) is 2.75. The minimum absolute atomic E-state index is 0.126. The van der Waals surface area contributed by atoms with Gasteiger partial charge >= 0.3 is 0 Å². The molecule has 3 saturated carbocycles. The second-order valence-corrected chi connectivity index (χ2v) is 8.24. The van der Waals surface area contributed by atoms with Crippen LogP contribution in [0.1, 0.15) is 49.0 Å². The molecule has 1 aromatic rings. The van der Waals surface area contributed by atoms with E-state index in [0.29, 0.717) is 11.7 Å². The van der Waals surface area contributed by atoms with Crippen molar-refractivity contribution < 1.29 is 9.53 Å². The van der Waals surface area contributed by atoms with Gasteiger partial charge < -0.3 is 4.74 Å². The first-order valence-electron chi connectivity index (χ1n) is 8.40. The first kappa shape index (κ1) is 12.3. The molecule has 2 bridgehead atoms. The SMILES string of the molecule is CC1(C)Cc2cc(C(=O)C3C4C5CCC(C5)C34)ccc2O1. The van der Waals surface area contributed by atoms with E-state index in [9.17, 15) is 4.79 Å². The molecule has 0 spiro atoms. The third-order valence-electron chi connectivity index (χ3n) is 6.39. The lowest BCUT2D eigenvalue weighted by atomic mass is 9.94. The molecule has 0 radical (unpaired) electrons. The van der Waals surface area contributed by atoms with Crippen molar-refractivity contribution in [2.24, 2.45) is 29.6 Å². The van der Waals surface area contributed by atoms with Gasteiger partial charge in [0.1, 0.15) is 11.4 Å². The molecular weight excluding hydrogens is 260 g/mol. The largest absolute Gasteiger partial charge is 0.487 e. The zero-order valence-electron chi connectivity index (χ0n) is 12.8. The van der Waals surface area contributed by atoms with Crippen LogP contribution in [-0.4, -0.2) is 11.4 Å². The van der Waals surface area contributed by atoms with Gasteiger partial charge in [-0.05, 0) is 80.5 Å². The maximum absolute atomic E-state index is 12.9. The quantitative estimate of drug-likeness (QED) is 0.770. The van der Waals surface area contributed by atoms with Gasteiger partial charge in [0.25, 0.3) is 0 Å². The lowest BCUT2D eigenvalue weighted by Crippen LogP contribution is -2.24. The van der Waals surface area contributed by atoms with E-state index < -0.39 is 0 Å². The molecule has 1 aromatic carbocycles. The van der Waals surface area contributed by atoms with Crippen molar-refractivity contribution in [1.82, 2.24) is 0 Å². The van der Waals surface area contributed by atoms with Crippen LogP contribution in [0.25, 0.3) is 0 Å². The number of benzene rings is 1. The number of hydrogen-bond donors (Lipinski definition) is 0. The monoisotopic (exact) mass is 282 g/mol. The van der Waals surface area contributed by atoms with Crippen molar-refractivity contribution in [3.8, 4) is 5.75 Å². The Kier molecular flexibility index (Phi) is 2.17. The number of ether oxygens (including phenoxy) is 1. The van der Waals surface area contributed by atoms with Crippen LogP contribution in [0.2, 0.25) is 0 Å². The number of fused-ring (bicyclic) bond motifs is 6. The van der Waals surface area contributed by atoms with Gasteiger partial charge in [-0.15, -0.1) is 0 Å². The van der Waals surface area contributed by atoms with E-state index in [2.05, 4.69) is 19.9 Å². The van der Waals surface area contributed by atoms with Crippen LogP contribution >= 0.6 is 0 Å². The number of carbonyl (C=O) groups is 1. The highest BCUT2D eigenvalue weighted by Crippen LogP contribution is 2.70. The highest BCUT2D eigenvalue weighted by atomic mass is 16.5. The van der Waals surface area contributed by atoms with Gasteiger partial charge in [0, 0.05) is 17.9 Å². The Morgan fingerprint density at radius 2 is 1.90 bits per heavy atom. The van der Waals surface area contributed by atoms with E-state index in [1.165, 1.54) is 24.8 Å². The molecule has 21 heavy (non-hydrogen) atoms. The summed E-state index contributed by atoms with van der Waals surface area (Å²) in [5.41, 5.74) is 2.01. The zero-order valence-corrected chi connectivity index (χ0v) is 12.8. The molecule has 110 valence electrons. The van der Waals surface area contributed by atoms with E-state index in [4.69, 9.17) is 4.74 Å². The van der Waals surface area contributed by atoms with Gasteiger partial charge in [0.05, 0.1) is 0 Å². The Hall–Kier alpha value is -1.31. The van der Waals surface area contributed by atoms with Gasteiger partial charge in [0.2, 0.25) is 0 Å². The summed E-state index contributed by atoms with van der Waals surface area (Å²) in [6.45, 7) is 4.22. The summed E-state index contributed by atoms with van der Waals surface area (Å²) in [4.78, 5) is 12.9. The summed E-state index contributed by atoms with van der Waals surface area (Å²) in [5.74, 6) is 4.93. The lowest BCUT2D eigenvalue weighted by Gasteiger charge is -2.16. The van der Waals surface area contributed by atoms with E-state index in [1.807, 2.05) is 12.1 Å². The normalized spacial score (nSPS) is 40.6. The molecule has 0 saturated heterocycles. The number of hydrogen-bond acceptors (Lipinski definition) is 2. The van der Waals surface area contributed by atoms with E-state index in [0.717, 1.165) is 41.4 Å². The van der Waals surface area contributed by atoms with Crippen molar-refractivity contribution in [2.45, 2.75) is 45.1 Å². The molecule has 0 aromatic heterocycles. The van der Waals surface area contributed by atoms with Crippen LogP contribution < -0.4 is 4.74 Å². The first-order valence-corrected chi connectivity index (χ1v) is 8.40. The van der Waals surface area contributed by atoms with Crippen molar-refractivity contribution in [1.29, 1.82) is 0 Å². The van der Waals surface area contributed by atoms with Crippen LogP contribution in [-0.2, 0) is 6.42 Å². The van der Waals surface area contributed by atoms with E-state index in [-0.39, 0.29) is 5.60 Å². The number of rotatable bonds is 2. The minimum atomic E-state index is -0.126. The Morgan fingerprint density at radius 1 is 1.19 bits per heavy atom. The molecule has 1 heterocycles. The van der Waals surface area contributed by atoms with Crippen molar-refractivity contribution >= 4 is 5.78 Å². The number of Topliss-reactive ketones (excluding diaryl/α,β-unsaturated/α-hetero) is 1. The second-order valence-electron chi connectivity index (χ2n) is 8.24. The Bertz CT molecular complexity index is 629. The predicted molar refractivity (Wildman–Crippen MR) is 80.5 cm³/mol. The molecule has 4 atom stereocenters. The number of ketones is 1. The maximum Gasteiger partial charge on any atom is 0.166 e. The summed E-state index contributed by atoms with van der Waals surface area (Å²) in [6.07, 6.45) is 5.07. The van der Waals surface area contributed by atoms with Crippen LogP contribution in [0.4, 0.5) is 0 Å². The summed E-state index contributed by atoms with van der Waals surface area (Å²) < 4.78 is 5.91. The van der Waals surface area contributed by atoms with Gasteiger partial charge in [-0.25, -0.2) is 0 Å². The molecule has 2 nitrogen and oxygen atoms in total. The zero-order chi connectivity index (χ0) is 14.4. The summed E-state index contributed by atoms with van der Waals surface area (Å²) in [7, 11) is 0. The molecule has 3 aliphatic carbocycles. The third kappa shape index (κ3) is 1.62. The average molecular weight is 282 g/mol. The number of carbonyl (C=O) groups excluding carboxylic acids is 1. The second kappa shape index (κ2) is 3.71. The van der Waals surface area contributed by atoms with Gasteiger partial charge in [-0.2, -0.15) is 0 Å². The van der Waals surface area contributed by atoms with E-state index >= 15 is 0 Å². The third-order valence-corrected chi connectivity index (χ3v) is 6.39. The summed E-state index contributed by atoms with van der Waals surface area (Å²) in [6, 6.07) is 6.09. The molecule has 5 rings (SSSR count). The highest BCUT2D eigenvalue weighted by Gasteiger charge is 2.67. The Balaban J connectivity index is 1.41. The fraction of sp³-hybridized carbons (Fsp3) is 0.632. The lowest BCUT2D eigenvalue weighted by molar-refractivity contribution is 0.0944. The topological polar surface area (TPSA) is 26.3 Å². The molecule has 2 heteroatoms. The van der Waals surface area contributed by atoms with Crippen LogP contribution in [0.3, 0.4) is 0 Å². The standard InChI is InChI=1S/C19H22O2/c1-19(2)9-13-8-12(5-6-14(13)21-19)18(20)17-15-10-3-4-11(7-10)16(15)17/h5-6,8,10-11,15-17H,3-4,7,9H2,1-2H3. The van der Waals surface area contributed by atoms with Crippen LogP contribution in [0.5, 0.6) is 5.75 Å². The molecule has 4 unspecified atom stereocenters. The molecule has 0 amide bonds. The maximum atomic E-state index is 12.9. The van der Waals surface area contributed by atoms with Crippen molar-refractivity contribution in [2.75, 3.05) is 0 Å². The van der Waals surface area contributed by atoms with Crippen molar-refractivity contribution in [3.63, 3.8) is 0 Å². The van der Waals surface area contributed by atoms with Gasteiger partial charge in [-0.3, -0.25) is 4.79 Å². The highest BCUT2D eigenvalue weighted by molar-refractivity contribution is 6.00. The minimum Gasteiger partial charge on any atom is -0.487 e. The fourth-order valence-corrected chi connectivity index (χ4v) is 5.63. The summed E-state index contributed by atoms with van der Waals surface area (Å²) >= 11 is 0. The van der Waals surface area contributed by atoms with Gasteiger partial charge in [-0.1, -0.05) is 0 Å².